The molecule has 1 fully saturated rings. The number of aliphatic hydroxyl groups is 1. The molecule has 0 saturated carbocycles. The lowest BCUT2D eigenvalue weighted by Gasteiger charge is -2.22. The lowest BCUT2D eigenvalue weighted by molar-refractivity contribution is 0.152. The van der Waals surface area contributed by atoms with Gasteiger partial charge in [-0.2, -0.15) is 0 Å². The molecule has 0 amide bonds. The Kier molecular flexibility index (Phi) is 3.54. The van der Waals surface area contributed by atoms with E-state index in [9.17, 15) is 9.90 Å². The average Bonchev–Trinajstić information content (AvgIpc) is 2.87. The molecule has 5 nitrogen and oxygen atoms in total. The van der Waals surface area contributed by atoms with Crippen LogP contribution in [0.5, 0.6) is 0 Å². The largest absolute Gasteiger partial charge is 0.395 e. The fraction of sp³-hybridized carbons (Fsp3) is 0.467. The van der Waals surface area contributed by atoms with Crippen LogP contribution in [0.4, 0.5) is 0 Å². The third-order valence-corrected chi connectivity index (χ3v) is 4.01. The van der Waals surface area contributed by atoms with Gasteiger partial charge in [-0.15, -0.1) is 0 Å². The fourth-order valence-corrected chi connectivity index (χ4v) is 2.91. The Labute approximate surface area is 117 Å². The minimum Gasteiger partial charge on any atom is -0.395 e. The smallest absolute Gasteiger partial charge is 0.258 e. The molecule has 1 unspecified atom stereocenters. The molecule has 2 aromatic heterocycles. The van der Waals surface area contributed by atoms with Gasteiger partial charge < -0.3 is 5.11 Å². The molecule has 1 aliphatic rings. The summed E-state index contributed by atoms with van der Waals surface area (Å²) in [4.78, 5) is 18.9. The Morgan fingerprint density at radius 3 is 3.15 bits per heavy atom. The van der Waals surface area contributed by atoms with Crippen molar-refractivity contribution in [2.24, 2.45) is 0 Å². The molecule has 20 heavy (non-hydrogen) atoms. The fourth-order valence-electron chi connectivity index (χ4n) is 2.91. The predicted octanol–water partition coefficient (Wildman–Crippen LogP) is 0.960. The molecule has 0 aromatic carbocycles. The molecule has 0 aliphatic carbocycles. The number of pyridine rings is 1. The third kappa shape index (κ3) is 2.34. The molecule has 1 N–H and O–H groups in total. The third-order valence-electron chi connectivity index (χ3n) is 4.01. The Morgan fingerprint density at radius 2 is 2.35 bits per heavy atom. The van der Waals surface area contributed by atoms with Gasteiger partial charge in [0.1, 0.15) is 5.65 Å². The predicted molar refractivity (Wildman–Crippen MR) is 76.7 cm³/mol. The second-order valence-corrected chi connectivity index (χ2v) is 5.42. The number of nitrogens with zero attached hydrogens (tertiary/aromatic N) is 3. The summed E-state index contributed by atoms with van der Waals surface area (Å²) < 4.78 is 1.58. The van der Waals surface area contributed by atoms with Crippen LogP contribution in [0.25, 0.3) is 5.65 Å². The van der Waals surface area contributed by atoms with Crippen LogP contribution in [0.15, 0.2) is 29.2 Å². The number of fused-ring (bicyclic) bond motifs is 1. The summed E-state index contributed by atoms with van der Waals surface area (Å²) in [5, 5.41) is 9.36. The van der Waals surface area contributed by atoms with E-state index in [1.54, 1.807) is 16.7 Å². The van der Waals surface area contributed by atoms with E-state index in [1.807, 2.05) is 19.1 Å². The molecule has 1 saturated heterocycles. The minimum absolute atomic E-state index is 0.0477. The number of aromatic nitrogens is 2. The molecule has 3 heterocycles. The van der Waals surface area contributed by atoms with Crippen molar-refractivity contribution in [3.05, 3.63) is 46.0 Å². The highest BCUT2D eigenvalue weighted by atomic mass is 16.3. The van der Waals surface area contributed by atoms with Crippen LogP contribution in [-0.4, -0.2) is 38.6 Å². The molecule has 2 aromatic rings. The average molecular weight is 273 g/mol. The van der Waals surface area contributed by atoms with Gasteiger partial charge in [0, 0.05) is 24.8 Å². The van der Waals surface area contributed by atoms with Crippen molar-refractivity contribution in [3.63, 3.8) is 0 Å². The number of hydrogen-bond donors (Lipinski definition) is 1. The van der Waals surface area contributed by atoms with Gasteiger partial charge >= 0.3 is 0 Å². The van der Waals surface area contributed by atoms with Crippen LogP contribution >= 0.6 is 0 Å². The first-order valence-electron chi connectivity index (χ1n) is 7.02. The van der Waals surface area contributed by atoms with Crippen LogP contribution in [0, 0.1) is 6.92 Å². The van der Waals surface area contributed by atoms with Crippen molar-refractivity contribution < 1.29 is 5.11 Å². The highest BCUT2D eigenvalue weighted by molar-refractivity contribution is 5.46. The molecule has 3 rings (SSSR count). The molecule has 0 bridgehead atoms. The van der Waals surface area contributed by atoms with E-state index in [0.29, 0.717) is 6.54 Å². The lowest BCUT2D eigenvalue weighted by Crippen LogP contribution is -2.32. The molecular weight excluding hydrogens is 254 g/mol. The van der Waals surface area contributed by atoms with Crippen LogP contribution in [-0.2, 0) is 6.54 Å². The van der Waals surface area contributed by atoms with E-state index in [2.05, 4.69) is 9.88 Å². The van der Waals surface area contributed by atoms with E-state index >= 15 is 0 Å². The zero-order chi connectivity index (χ0) is 14.1. The van der Waals surface area contributed by atoms with Crippen LogP contribution in [0.3, 0.4) is 0 Å². The van der Waals surface area contributed by atoms with E-state index in [0.717, 1.165) is 36.3 Å². The van der Waals surface area contributed by atoms with Gasteiger partial charge in [0.15, 0.2) is 0 Å². The standard InChI is InChI=1S/C15H19N3O2/c1-11-4-2-7-18-14(20)8-12(16-15(11)18)9-17-6-3-5-13(17)10-19/h2,4,7-8,13,19H,3,5-6,9-10H2,1H3. The van der Waals surface area contributed by atoms with E-state index in [-0.39, 0.29) is 18.2 Å². The van der Waals surface area contributed by atoms with E-state index in [4.69, 9.17) is 0 Å². The number of hydrogen-bond acceptors (Lipinski definition) is 4. The Hall–Kier alpha value is -1.72. The number of rotatable bonds is 3. The minimum atomic E-state index is -0.0477. The maximum absolute atomic E-state index is 12.1. The summed E-state index contributed by atoms with van der Waals surface area (Å²) in [6, 6.07) is 5.61. The maximum Gasteiger partial charge on any atom is 0.258 e. The molecule has 5 heteroatoms. The monoisotopic (exact) mass is 273 g/mol. The second kappa shape index (κ2) is 5.34. The normalized spacial score (nSPS) is 19.8. The Morgan fingerprint density at radius 1 is 1.50 bits per heavy atom. The molecular formula is C15H19N3O2. The van der Waals surface area contributed by atoms with Crippen molar-refractivity contribution in [2.75, 3.05) is 13.2 Å². The van der Waals surface area contributed by atoms with Crippen molar-refractivity contribution in [3.8, 4) is 0 Å². The van der Waals surface area contributed by atoms with E-state index in [1.165, 1.54) is 0 Å². The van der Waals surface area contributed by atoms with E-state index < -0.39 is 0 Å². The van der Waals surface area contributed by atoms with Gasteiger partial charge in [0.2, 0.25) is 0 Å². The summed E-state index contributed by atoms with van der Waals surface area (Å²) in [6.45, 7) is 3.72. The SMILES string of the molecule is Cc1cccn2c(=O)cc(CN3CCCC3CO)nc12. The van der Waals surface area contributed by atoms with Crippen LogP contribution in [0.1, 0.15) is 24.1 Å². The number of likely N-dealkylation sites (tertiary alicyclic amines) is 1. The zero-order valence-corrected chi connectivity index (χ0v) is 11.6. The summed E-state index contributed by atoms with van der Waals surface area (Å²) in [7, 11) is 0. The highest BCUT2D eigenvalue weighted by Crippen LogP contribution is 2.19. The molecule has 1 aliphatic heterocycles. The number of aliphatic hydroxyl groups excluding tert-OH is 1. The second-order valence-electron chi connectivity index (χ2n) is 5.42. The van der Waals surface area contributed by atoms with Gasteiger partial charge in [0.05, 0.1) is 12.3 Å². The molecule has 0 radical (unpaired) electrons. The quantitative estimate of drug-likeness (QED) is 0.905. The Balaban J connectivity index is 1.96. The van der Waals surface area contributed by atoms with Crippen molar-refractivity contribution in [2.45, 2.75) is 32.4 Å². The first-order chi connectivity index (χ1) is 9.69. The summed E-state index contributed by atoms with van der Waals surface area (Å²) >= 11 is 0. The molecule has 106 valence electrons. The van der Waals surface area contributed by atoms with Crippen molar-refractivity contribution in [1.82, 2.24) is 14.3 Å². The van der Waals surface area contributed by atoms with Crippen molar-refractivity contribution in [1.29, 1.82) is 0 Å². The van der Waals surface area contributed by atoms with Crippen LogP contribution in [0.2, 0.25) is 0 Å². The van der Waals surface area contributed by atoms with Crippen molar-refractivity contribution >= 4 is 5.65 Å². The lowest BCUT2D eigenvalue weighted by atomic mass is 10.2. The first-order valence-corrected chi connectivity index (χ1v) is 7.02. The first kappa shape index (κ1) is 13.3. The summed E-state index contributed by atoms with van der Waals surface area (Å²) in [5.41, 5.74) is 2.44. The van der Waals surface area contributed by atoms with Gasteiger partial charge in [-0.1, -0.05) is 6.07 Å². The summed E-state index contributed by atoms with van der Waals surface area (Å²) in [6.07, 6.45) is 3.85. The van der Waals surface area contributed by atoms with Gasteiger partial charge in [-0.3, -0.25) is 14.1 Å². The highest BCUT2D eigenvalue weighted by Gasteiger charge is 2.24. The maximum atomic E-state index is 12.1. The molecule has 0 spiro atoms. The Bertz CT molecular complexity index is 680. The zero-order valence-electron chi connectivity index (χ0n) is 11.6. The number of aryl methyl sites for hydroxylation is 1. The van der Waals surface area contributed by atoms with Gasteiger partial charge in [0.25, 0.3) is 5.56 Å². The van der Waals surface area contributed by atoms with Gasteiger partial charge in [-0.05, 0) is 37.9 Å². The van der Waals surface area contributed by atoms with Crippen LogP contribution < -0.4 is 5.56 Å². The summed E-state index contributed by atoms with van der Waals surface area (Å²) in [5.74, 6) is 0. The molecule has 1 atom stereocenters. The topological polar surface area (TPSA) is 57.8 Å². The van der Waals surface area contributed by atoms with Gasteiger partial charge in [-0.25, -0.2) is 4.98 Å².